The molecule has 2 atom stereocenters. The van der Waals surface area contributed by atoms with Crippen LogP contribution in [0.4, 0.5) is 0 Å². The summed E-state index contributed by atoms with van der Waals surface area (Å²) < 4.78 is 0. The van der Waals surface area contributed by atoms with Gasteiger partial charge in [0.15, 0.2) is 0 Å². The van der Waals surface area contributed by atoms with Gasteiger partial charge in [-0.3, -0.25) is 15.0 Å². The van der Waals surface area contributed by atoms with E-state index in [2.05, 4.69) is 10.9 Å². The molecule has 4 rings (SSSR count). The first-order valence-corrected chi connectivity index (χ1v) is 9.40. The molecular weight excluding hydrogens is 340 g/mol. The highest BCUT2D eigenvalue weighted by Crippen LogP contribution is 2.26. The maximum atomic E-state index is 13.1. The minimum atomic E-state index is -0.135. The quantitative estimate of drug-likeness (QED) is 0.865. The highest BCUT2D eigenvalue weighted by Gasteiger charge is 2.37. The van der Waals surface area contributed by atoms with Crippen molar-refractivity contribution in [3.05, 3.63) is 71.8 Å². The van der Waals surface area contributed by atoms with Gasteiger partial charge >= 0.3 is 0 Å². The fraction of sp³-hybridized carbons (Fsp3) is 0.333. The van der Waals surface area contributed by atoms with Crippen LogP contribution in [0.3, 0.4) is 0 Å². The van der Waals surface area contributed by atoms with Crippen LogP contribution >= 0.6 is 0 Å². The Bertz CT molecular complexity index is 788. The Labute approximate surface area is 159 Å². The molecule has 140 valence electrons. The lowest BCUT2D eigenvalue weighted by Gasteiger charge is -2.36. The van der Waals surface area contributed by atoms with Crippen molar-refractivity contribution < 1.29 is 9.59 Å². The molecule has 2 aliphatic rings. The Balaban J connectivity index is 1.38. The Kier molecular flexibility index (Phi) is 5.18. The van der Waals surface area contributed by atoms with Gasteiger partial charge < -0.3 is 9.80 Å². The first-order chi connectivity index (χ1) is 13.2. The molecule has 2 saturated heterocycles. The lowest BCUT2D eigenvalue weighted by molar-refractivity contribution is -0.137. The summed E-state index contributed by atoms with van der Waals surface area (Å²) in [6, 6.07) is 19.3. The van der Waals surface area contributed by atoms with Crippen LogP contribution in [-0.2, 0) is 4.79 Å². The highest BCUT2D eigenvalue weighted by atomic mass is 16.2. The number of rotatable bonds is 3. The molecule has 2 heterocycles. The summed E-state index contributed by atoms with van der Waals surface area (Å²) in [5.74, 6) is 0.0472. The predicted molar refractivity (Wildman–Crippen MR) is 103 cm³/mol. The van der Waals surface area contributed by atoms with Crippen LogP contribution in [0.25, 0.3) is 0 Å². The molecule has 0 bridgehead atoms. The smallest absolute Gasteiger partial charge is 0.253 e. The van der Waals surface area contributed by atoms with Crippen LogP contribution in [0.2, 0.25) is 0 Å². The van der Waals surface area contributed by atoms with Crippen molar-refractivity contribution in [3.8, 4) is 0 Å². The van der Waals surface area contributed by atoms with Crippen LogP contribution in [0.1, 0.15) is 22.0 Å². The van der Waals surface area contributed by atoms with E-state index in [0.717, 1.165) is 5.56 Å². The molecule has 2 unspecified atom stereocenters. The largest absolute Gasteiger partial charge is 0.339 e. The van der Waals surface area contributed by atoms with E-state index >= 15 is 0 Å². The second-order valence-corrected chi connectivity index (χ2v) is 7.00. The number of amides is 2. The van der Waals surface area contributed by atoms with E-state index in [-0.39, 0.29) is 23.8 Å². The predicted octanol–water partition coefficient (Wildman–Crippen LogP) is 1.44. The second-order valence-electron chi connectivity index (χ2n) is 7.00. The fourth-order valence-electron chi connectivity index (χ4n) is 3.83. The van der Waals surface area contributed by atoms with Crippen molar-refractivity contribution in [2.45, 2.75) is 6.04 Å². The number of hydrogen-bond donors (Lipinski definition) is 2. The minimum Gasteiger partial charge on any atom is -0.339 e. The van der Waals surface area contributed by atoms with Crippen molar-refractivity contribution in [2.24, 2.45) is 5.92 Å². The van der Waals surface area contributed by atoms with Gasteiger partial charge in [-0.2, -0.15) is 0 Å². The van der Waals surface area contributed by atoms with Crippen LogP contribution < -0.4 is 10.9 Å². The van der Waals surface area contributed by atoms with Crippen molar-refractivity contribution in [1.29, 1.82) is 0 Å². The van der Waals surface area contributed by atoms with Gasteiger partial charge in [-0.25, -0.2) is 5.43 Å². The Hall–Kier alpha value is -2.70. The molecule has 0 saturated carbocycles. The molecule has 27 heavy (non-hydrogen) atoms. The van der Waals surface area contributed by atoms with Gasteiger partial charge in [0.05, 0.1) is 12.0 Å². The summed E-state index contributed by atoms with van der Waals surface area (Å²) in [5, 5.41) is 0. The van der Waals surface area contributed by atoms with Crippen LogP contribution in [-0.4, -0.2) is 54.3 Å². The summed E-state index contributed by atoms with van der Waals surface area (Å²) in [6.45, 7) is 2.92. The van der Waals surface area contributed by atoms with Crippen LogP contribution in [0.15, 0.2) is 60.7 Å². The number of hydrazine groups is 1. The van der Waals surface area contributed by atoms with Crippen molar-refractivity contribution >= 4 is 11.8 Å². The summed E-state index contributed by atoms with van der Waals surface area (Å²) in [7, 11) is 0. The Morgan fingerprint density at radius 1 is 0.815 bits per heavy atom. The van der Waals surface area contributed by atoms with Crippen molar-refractivity contribution in [1.82, 2.24) is 20.7 Å². The van der Waals surface area contributed by atoms with E-state index in [1.807, 2.05) is 70.5 Å². The number of nitrogens with zero attached hydrogens (tertiary/aromatic N) is 2. The van der Waals surface area contributed by atoms with Crippen molar-refractivity contribution in [2.75, 3.05) is 32.7 Å². The molecule has 0 aliphatic carbocycles. The third-order valence-corrected chi connectivity index (χ3v) is 5.36. The summed E-state index contributed by atoms with van der Waals surface area (Å²) in [6.07, 6.45) is 0. The first-order valence-electron chi connectivity index (χ1n) is 9.40. The SMILES string of the molecule is O=C(c1ccccc1)N1CCN(C(=O)C2CNNC2c2ccccc2)CC1. The second kappa shape index (κ2) is 7.90. The van der Waals surface area contributed by atoms with E-state index in [1.54, 1.807) is 0 Å². The lowest BCUT2D eigenvalue weighted by atomic mass is 9.93. The average molecular weight is 364 g/mol. The number of benzene rings is 2. The van der Waals surface area contributed by atoms with Gasteiger partial charge in [0.1, 0.15) is 0 Å². The van der Waals surface area contributed by atoms with Crippen molar-refractivity contribution in [3.63, 3.8) is 0 Å². The molecular formula is C21H24N4O2. The number of carbonyl (C=O) groups excluding carboxylic acids is 2. The fourth-order valence-corrected chi connectivity index (χ4v) is 3.83. The molecule has 6 heteroatoms. The number of carbonyl (C=O) groups is 2. The van der Waals surface area contributed by atoms with E-state index in [1.165, 1.54) is 0 Å². The molecule has 2 aromatic carbocycles. The monoisotopic (exact) mass is 364 g/mol. The molecule has 2 fully saturated rings. The summed E-state index contributed by atoms with van der Waals surface area (Å²) in [4.78, 5) is 29.4. The zero-order chi connectivity index (χ0) is 18.6. The van der Waals surface area contributed by atoms with Gasteiger partial charge in [0, 0.05) is 38.3 Å². The topological polar surface area (TPSA) is 64.7 Å². The number of piperazine rings is 1. The average Bonchev–Trinajstić information content (AvgIpc) is 3.24. The molecule has 2 aliphatic heterocycles. The number of hydrogen-bond acceptors (Lipinski definition) is 4. The van der Waals surface area contributed by atoms with Crippen LogP contribution in [0, 0.1) is 5.92 Å². The standard InChI is InChI=1S/C21H24N4O2/c26-20(17-9-5-2-6-10-17)24-11-13-25(14-12-24)21(27)18-15-22-23-19(18)16-7-3-1-4-8-16/h1-10,18-19,22-23H,11-15H2. The zero-order valence-corrected chi connectivity index (χ0v) is 15.2. The van der Waals surface area contributed by atoms with E-state index < -0.39 is 0 Å². The lowest BCUT2D eigenvalue weighted by Crippen LogP contribution is -2.52. The molecule has 6 nitrogen and oxygen atoms in total. The molecule has 0 spiro atoms. The minimum absolute atomic E-state index is 0.0253. The van der Waals surface area contributed by atoms with Gasteiger partial charge in [-0.1, -0.05) is 48.5 Å². The molecule has 2 amide bonds. The molecule has 2 N–H and O–H groups in total. The van der Waals surface area contributed by atoms with E-state index in [4.69, 9.17) is 0 Å². The van der Waals surface area contributed by atoms with Gasteiger partial charge in [-0.05, 0) is 17.7 Å². The first kappa shape index (κ1) is 17.7. The highest BCUT2D eigenvalue weighted by molar-refractivity contribution is 5.94. The van der Waals surface area contributed by atoms with E-state index in [0.29, 0.717) is 38.3 Å². The third-order valence-electron chi connectivity index (χ3n) is 5.36. The Morgan fingerprint density at radius 2 is 1.41 bits per heavy atom. The van der Waals surface area contributed by atoms with Crippen LogP contribution in [0.5, 0.6) is 0 Å². The summed E-state index contributed by atoms with van der Waals surface area (Å²) in [5.41, 5.74) is 8.17. The van der Waals surface area contributed by atoms with Gasteiger partial charge in [0.25, 0.3) is 5.91 Å². The normalized spacial score (nSPS) is 22.7. The maximum Gasteiger partial charge on any atom is 0.253 e. The number of nitrogens with one attached hydrogen (secondary N) is 2. The Morgan fingerprint density at radius 3 is 2.07 bits per heavy atom. The maximum absolute atomic E-state index is 13.1. The summed E-state index contributed by atoms with van der Waals surface area (Å²) >= 11 is 0. The van der Waals surface area contributed by atoms with Gasteiger partial charge in [-0.15, -0.1) is 0 Å². The van der Waals surface area contributed by atoms with Gasteiger partial charge in [0.2, 0.25) is 5.91 Å². The zero-order valence-electron chi connectivity index (χ0n) is 15.2. The van der Waals surface area contributed by atoms with E-state index in [9.17, 15) is 9.59 Å². The molecule has 0 aromatic heterocycles. The molecule has 2 aromatic rings. The molecule has 0 radical (unpaired) electrons. The third kappa shape index (κ3) is 3.72.